The van der Waals surface area contributed by atoms with E-state index < -0.39 is 17.8 Å². The number of carboxylic acid groups (broad SMARTS) is 1. The standard InChI is InChI=1S/C24H23ClN2O3/c1-14-17(9-6-10-18(14)25)22-21(24(29)30)15(2)26-19-12-27(13-20(28)23(19)22)11-16-7-4-3-5-8-16/h3-10,21-22H,11-13H2,1-2H3,(H,29,30). The zero-order valence-corrected chi connectivity index (χ0v) is 17.7. The molecule has 2 heterocycles. The summed E-state index contributed by atoms with van der Waals surface area (Å²) >= 11 is 6.33. The summed E-state index contributed by atoms with van der Waals surface area (Å²) in [5.41, 5.74) is 4.40. The third-order valence-corrected chi connectivity index (χ3v) is 6.33. The molecule has 0 bridgehead atoms. The van der Waals surface area contributed by atoms with Crippen molar-refractivity contribution < 1.29 is 14.7 Å². The zero-order valence-electron chi connectivity index (χ0n) is 16.9. The fourth-order valence-corrected chi connectivity index (χ4v) is 4.69. The number of carbonyl (C=O) groups is 2. The Morgan fingerprint density at radius 1 is 1.13 bits per heavy atom. The number of nitrogens with zero attached hydrogens (tertiary/aromatic N) is 2. The summed E-state index contributed by atoms with van der Waals surface area (Å²) in [6, 6.07) is 15.4. The van der Waals surface area contributed by atoms with E-state index in [1.165, 1.54) is 0 Å². The number of aliphatic carboxylic acids is 1. The molecule has 0 spiro atoms. The van der Waals surface area contributed by atoms with Gasteiger partial charge >= 0.3 is 5.97 Å². The van der Waals surface area contributed by atoms with Crippen LogP contribution in [0.25, 0.3) is 0 Å². The van der Waals surface area contributed by atoms with E-state index in [0.717, 1.165) is 16.7 Å². The minimum atomic E-state index is -0.980. The van der Waals surface area contributed by atoms with Gasteiger partial charge in [0.25, 0.3) is 0 Å². The van der Waals surface area contributed by atoms with Crippen molar-refractivity contribution in [3.8, 4) is 0 Å². The van der Waals surface area contributed by atoms with Gasteiger partial charge < -0.3 is 5.11 Å². The van der Waals surface area contributed by atoms with E-state index in [9.17, 15) is 14.7 Å². The molecule has 0 saturated carbocycles. The Morgan fingerprint density at radius 3 is 2.57 bits per heavy atom. The van der Waals surface area contributed by atoms with Gasteiger partial charge in [0.2, 0.25) is 0 Å². The minimum absolute atomic E-state index is 0.0703. The number of carboxylic acids is 1. The first-order chi connectivity index (χ1) is 14.4. The average molecular weight is 423 g/mol. The first-order valence-electron chi connectivity index (χ1n) is 9.92. The van der Waals surface area contributed by atoms with Crippen molar-refractivity contribution in [2.45, 2.75) is 26.3 Å². The summed E-state index contributed by atoms with van der Waals surface area (Å²) in [5, 5.41) is 10.5. The molecule has 2 atom stereocenters. The highest BCUT2D eigenvalue weighted by molar-refractivity contribution is 6.31. The molecule has 0 amide bonds. The molecule has 4 rings (SSSR count). The lowest BCUT2D eigenvalue weighted by Crippen LogP contribution is -2.44. The lowest BCUT2D eigenvalue weighted by molar-refractivity contribution is -0.139. The van der Waals surface area contributed by atoms with Crippen LogP contribution in [-0.4, -0.2) is 40.6 Å². The van der Waals surface area contributed by atoms with E-state index in [1.807, 2.05) is 43.3 Å². The first-order valence-corrected chi connectivity index (χ1v) is 10.3. The normalized spacial score (nSPS) is 22.0. The third kappa shape index (κ3) is 3.71. The quantitative estimate of drug-likeness (QED) is 0.799. The number of Topliss-reactive ketones (excluding diaryl/α,β-unsaturated/α-hetero) is 1. The van der Waals surface area contributed by atoms with E-state index in [0.29, 0.717) is 35.1 Å². The van der Waals surface area contributed by atoms with Crippen molar-refractivity contribution in [2.24, 2.45) is 10.9 Å². The smallest absolute Gasteiger partial charge is 0.313 e. The summed E-state index contributed by atoms with van der Waals surface area (Å²) in [4.78, 5) is 32.1. The molecule has 0 aliphatic carbocycles. The zero-order chi connectivity index (χ0) is 21.4. The van der Waals surface area contributed by atoms with Crippen molar-refractivity contribution >= 4 is 29.1 Å². The van der Waals surface area contributed by atoms with Crippen LogP contribution in [0.2, 0.25) is 5.02 Å². The van der Waals surface area contributed by atoms with Crippen molar-refractivity contribution in [1.82, 2.24) is 4.90 Å². The second-order valence-corrected chi connectivity index (χ2v) is 8.32. The number of hydrogen-bond acceptors (Lipinski definition) is 4. The van der Waals surface area contributed by atoms with Gasteiger partial charge in [-0.25, -0.2) is 0 Å². The summed E-state index contributed by atoms with van der Waals surface area (Å²) < 4.78 is 0. The maximum absolute atomic E-state index is 13.3. The molecule has 154 valence electrons. The van der Waals surface area contributed by atoms with Crippen LogP contribution in [0.1, 0.15) is 29.5 Å². The number of benzene rings is 2. The number of carbonyl (C=O) groups excluding carboxylic acids is 1. The molecule has 6 heteroatoms. The molecule has 1 N–H and O–H groups in total. The van der Waals surface area contributed by atoms with Crippen LogP contribution in [0.3, 0.4) is 0 Å². The van der Waals surface area contributed by atoms with Gasteiger partial charge in [-0.05, 0) is 36.6 Å². The molecule has 2 aliphatic heterocycles. The Hall–Kier alpha value is -2.76. The lowest BCUT2D eigenvalue weighted by atomic mass is 9.72. The Bertz CT molecular complexity index is 1080. The van der Waals surface area contributed by atoms with Crippen molar-refractivity contribution in [1.29, 1.82) is 0 Å². The fourth-order valence-electron chi connectivity index (χ4n) is 4.51. The van der Waals surface area contributed by atoms with Crippen LogP contribution >= 0.6 is 11.6 Å². The second kappa shape index (κ2) is 8.17. The Balaban J connectivity index is 1.77. The molecule has 2 aromatic rings. The van der Waals surface area contributed by atoms with Gasteiger partial charge in [-0.2, -0.15) is 0 Å². The highest BCUT2D eigenvalue weighted by Gasteiger charge is 2.44. The molecule has 0 aromatic heterocycles. The largest absolute Gasteiger partial charge is 0.481 e. The van der Waals surface area contributed by atoms with E-state index >= 15 is 0 Å². The predicted molar refractivity (Wildman–Crippen MR) is 117 cm³/mol. The fraction of sp³-hybridized carbons (Fsp3) is 0.292. The molecule has 5 nitrogen and oxygen atoms in total. The van der Waals surface area contributed by atoms with E-state index in [1.54, 1.807) is 19.1 Å². The van der Waals surface area contributed by atoms with Crippen LogP contribution in [-0.2, 0) is 16.1 Å². The van der Waals surface area contributed by atoms with Crippen LogP contribution in [0, 0.1) is 12.8 Å². The van der Waals surface area contributed by atoms with Crippen molar-refractivity contribution in [3.05, 3.63) is 81.5 Å². The third-order valence-electron chi connectivity index (χ3n) is 5.92. The van der Waals surface area contributed by atoms with Gasteiger partial charge in [-0.15, -0.1) is 0 Å². The molecule has 0 radical (unpaired) electrons. The highest BCUT2D eigenvalue weighted by atomic mass is 35.5. The van der Waals surface area contributed by atoms with Gasteiger partial charge in [0.1, 0.15) is 5.92 Å². The second-order valence-electron chi connectivity index (χ2n) is 7.92. The number of rotatable bonds is 4. The maximum Gasteiger partial charge on any atom is 0.313 e. The van der Waals surface area contributed by atoms with Crippen molar-refractivity contribution in [3.63, 3.8) is 0 Å². The van der Waals surface area contributed by atoms with E-state index in [4.69, 9.17) is 11.6 Å². The number of ketones is 1. The first kappa shape index (κ1) is 20.5. The SMILES string of the molecule is CC1=NC2=C(C(=O)CN(Cc3ccccc3)C2)C(c2cccc(Cl)c2C)C1C(=O)O. The Labute approximate surface area is 180 Å². The van der Waals surface area contributed by atoms with Crippen LogP contribution in [0.4, 0.5) is 0 Å². The molecule has 2 aliphatic rings. The molecule has 30 heavy (non-hydrogen) atoms. The summed E-state index contributed by atoms with van der Waals surface area (Å²) in [6.07, 6.45) is 0. The van der Waals surface area contributed by atoms with Gasteiger partial charge in [-0.3, -0.25) is 19.5 Å². The predicted octanol–water partition coefficient (Wildman–Crippen LogP) is 4.25. The molecular weight excluding hydrogens is 400 g/mol. The van der Waals surface area contributed by atoms with Crippen LogP contribution < -0.4 is 0 Å². The highest BCUT2D eigenvalue weighted by Crippen LogP contribution is 2.43. The molecular formula is C24H23ClN2O3. The molecule has 0 fully saturated rings. The number of hydrogen-bond donors (Lipinski definition) is 1. The number of halogens is 1. The Kier molecular flexibility index (Phi) is 5.58. The summed E-state index contributed by atoms with van der Waals surface area (Å²) in [7, 11) is 0. The molecule has 0 saturated heterocycles. The minimum Gasteiger partial charge on any atom is -0.481 e. The molecule has 2 unspecified atom stereocenters. The summed E-state index contributed by atoms with van der Waals surface area (Å²) in [6.45, 7) is 4.99. The summed E-state index contributed by atoms with van der Waals surface area (Å²) in [5.74, 6) is -2.52. The van der Waals surface area contributed by atoms with E-state index in [-0.39, 0.29) is 12.3 Å². The topological polar surface area (TPSA) is 70.0 Å². The lowest BCUT2D eigenvalue weighted by Gasteiger charge is -2.37. The van der Waals surface area contributed by atoms with E-state index in [2.05, 4.69) is 9.89 Å². The van der Waals surface area contributed by atoms with Gasteiger partial charge in [0.05, 0.1) is 12.2 Å². The van der Waals surface area contributed by atoms with Crippen molar-refractivity contribution in [2.75, 3.05) is 13.1 Å². The van der Waals surface area contributed by atoms with Gasteiger partial charge in [-0.1, -0.05) is 54.1 Å². The van der Waals surface area contributed by atoms with Gasteiger partial charge in [0.15, 0.2) is 5.78 Å². The number of aliphatic imine (C=N–C) groups is 1. The van der Waals surface area contributed by atoms with Crippen LogP contribution in [0.5, 0.6) is 0 Å². The average Bonchev–Trinajstić information content (AvgIpc) is 2.69. The van der Waals surface area contributed by atoms with Gasteiger partial charge in [0, 0.05) is 35.3 Å². The van der Waals surface area contributed by atoms with Crippen LogP contribution in [0.15, 0.2) is 64.8 Å². The molecule has 2 aromatic carbocycles. The maximum atomic E-state index is 13.3. The monoisotopic (exact) mass is 422 g/mol. The Morgan fingerprint density at radius 2 is 1.87 bits per heavy atom.